The van der Waals surface area contributed by atoms with E-state index in [0.29, 0.717) is 27.0 Å². The van der Waals surface area contributed by atoms with Crippen LogP contribution in [-0.2, 0) is 13.5 Å². The van der Waals surface area contributed by atoms with Gasteiger partial charge in [-0.2, -0.15) is 5.10 Å². The van der Waals surface area contributed by atoms with Crippen molar-refractivity contribution in [1.29, 1.82) is 0 Å². The molecule has 0 amide bonds. The molecular formula is C13H11Cl3N2O. The quantitative estimate of drug-likeness (QED) is 0.798. The zero-order valence-corrected chi connectivity index (χ0v) is 12.6. The lowest BCUT2D eigenvalue weighted by molar-refractivity contribution is 0.0991. The molecule has 1 aromatic carbocycles. The summed E-state index contributed by atoms with van der Waals surface area (Å²) >= 11 is 18.1. The Morgan fingerprint density at radius 3 is 2.53 bits per heavy atom. The van der Waals surface area contributed by atoms with Gasteiger partial charge in [-0.3, -0.25) is 9.48 Å². The number of ketones is 1. The average molecular weight is 318 g/mol. The van der Waals surface area contributed by atoms with Gasteiger partial charge in [0.1, 0.15) is 0 Å². The molecule has 19 heavy (non-hydrogen) atoms. The van der Waals surface area contributed by atoms with Crippen LogP contribution in [0.15, 0.2) is 18.2 Å². The number of hydrogen-bond donors (Lipinski definition) is 0. The van der Waals surface area contributed by atoms with Crippen molar-refractivity contribution in [3.63, 3.8) is 0 Å². The molecule has 0 fully saturated rings. The first-order chi connectivity index (χ1) is 8.91. The van der Waals surface area contributed by atoms with Gasteiger partial charge in [0.05, 0.1) is 32.9 Å². The second kappa shape index (κ2) is 5.53. The summed E-state index contributed by atoms with van der Waals surface area (Å²) < 4.78 is 1.61. The third kappa shape index (κ3) is 2.78. The van der Waals surface area contributed by atoms with Crippen molar-refractivity contribution in [3.05, 3.63) is 50.2 Å². The maximum Gasteiger partial charge on any atom is 0.170 e. The first-order valence-electron chi connectivity index (χ1n) is 5.57. The van der Waals surface area contributed by atoms with E-state index in [0.717, 1.165) is 0 Å². The van der Waals surface area contributed by atoms with E-state index < -0.39 is 0 Å². The van der Waals surface area contributed by atoms with Crippen LogP contribution in [0.4, 0.5) is 0 Å². The highest BCUT2D eigenvalue weighted by Crippen LogP contribution is 2.28. The normalized spacial score (nSPS) is 10.8. The number of benzene rings is 1. The van der Waals surface area contributed by atoms with Crippen molar-refractivity contribution < 1.29 is 4.79 Å². The largest absolute Gasteiger partial charge is 0.294 e. The van der Waals surface area contributed by atoms with E-state index in [1.807, 2.05) is 0 Å². The molecule has 1 heterocycles. The van der Waals surface area contributed by atoms with Gasteiger partial charge in [0.25, 0.3) is 0 Å². The number of hydrogen-bond acceptors (Lipinski definition) is 2. The van der Waals surface area contributed by atoms with Gasteiger partial charge in [-0.25, -0.2) is 0 Å². The predicted molar refractivity (Wildman–Crippen MR) is 77.5 cm³/mol. The first-order valence-corrected chi connectivity index (χ1v) is 6.70. The lowest BCUT2D eigenvalue weighted by Crippen LogP contribution is -2.09. The molecule has 2 aromatic rings. The highest BCUT2D eigenvalue weighted by Gasteiger charge is 2.18. The Bertz CT molecular complexity index is 650. The summed E-state index contributed by atoms with van der Waals surface area (Å²) in [5, 5.41) is 5.31. The number of halogens is 3. The van der Waals surface area contributed by atoms with Crippen LogP contribution in [0.3, 0.4) is 0 Å². The lowest BCUT2D eigenvalue weighted by atomic mass is 10.1. The first kappa shape index (κ1) is 14.4. The van der Waals surface area contributed by atoms with Crippen LogP contribution in [0, 0.1) is 6.92 Å². The van der Waals surface area contributed by atoms with Gasteiger partial charge in [-0.1, -0.05) is 40.9 Å². The highest BCUT2D eigenvalue weighted by atomic mass is 35.5. The SMILES string of the molecule is Cc1nn(C)c(CC(=O)c2cccc(Cl)c2Cl)c1Cl. The van der Waals surface area contributed by atoms with E-state index in [1.165, 1.54) is 0 Å². The van der Waals surface area contributed by atoms with Gasteiger partial charge in [0, 0.05) is 12.6 Å². The average Bonchev–Trinajstić information content (AvgIpc) is 2.59. The van der Waals surface area contributed by atoms with E-state index in [2.05, 4.69) is 5.10 Å². The van der Waals surface area contributed by atoms with Crippen LogP contribution in [-0.4, -0.2) is 15.6 Å². The minimum absolute atomic E-state index is 0.135. The Morgan fingerprint density at radius 2 is 1.95 bits per heavy atom. The lowest BCUT2D eigenvalue weighted by Gasteiger charge is -2.06. The summed E-state index contributed by atoms with van der Waals surface area (Å²) in [6.07, 6.45) is 0.135. The maximum absolute atomic E-state index is 12.3. The van der Waals surface area contributed by atoms with E-state index in [4.69, 9.17) is 34.8 Å². The topological polar surface area (TPSA) is 34.9 Å². The molecule has 0 N–H and O–H groups in total. The molecule has 2 rings (SSSR count). The summed E-state index contributed by atoms with van der Waals surface area (Å²) in [7, 11) is 1.75. The Hall–Kier alpha value is -1.03. The van der Waals surface area contributed by atoms with Crippen LogP contribution in [0.5, 0.6) is 0 Å². The van der Waals surface area contributed by atoms with Crippen LogP contribution in [0.1, 0.15) is 21.7 Å². The van der Waals surface area contributed by atoms with Crippen molar-refractivity contribution in [2.75, 3.05) is 0 Å². The number of Topliss-reactive ketones (excluding diaryl/α,β-unsaturated/α-hetero) is 1. The number of carbonyl (C=O) groups is 1. The predicted octanol–water partition coefficient (Wildman–Crippen LogP) is 4.11. The number of nitrogens with zero attached hydrogens (tertiary/aromatic N) is 2. The minimum Gasteiger partial charge on any atom is -0.294 e. The van der Waals surface area contributed by atoms with Crippen molar-refractivity contribution in [2.45, 2.75) is 13.3 Å². The van der Waals surface area contributed by atoms with Crippen LogP contribution >= 0.6 is 34.8 Å². The summed E-state index contributed by atoms with van der Waals surface area (Å²) in [5.41, 5.74) is 1.76. The zero-order chi connectivity index (χ0) is 14.2. The van der Waals surface area contributed by atoms with Gasteiger partial charge >= 0.3 is 0 Å². The molecule has 0 saturated heterocycles. The summed E-state index contributed by atoms with van der Waals surface area (Å²) in [5.74, 6) is -0.141. The molecule has 0 aliphatic carbocycles. The molecule has 0 aliphatic heterocycles. The summed E-state index contributed by atoms with van der Waals surface area (Å²) in [6, 6.07) is 4.98. The fraction of sp³-hybridized carbons (Fsp3) is 0.231. The fourth-order valence-corrected chi connectivity index (χ4v) is 2.47. The zero-order valence-electron chi connectivity index (χ0n) is 10.4. The Kier molecular flexibility index (Phi) is 4.19. The standard InChI is InChI=1S/C13H11Cl3N2O/c1-7-12(15)10(18(2)17-7)6-11(19)8-4-3-5-9(14)13(8)16/h3-5H,6H2,1-2H3. The number of aryl methyl sites for hydroxylation is 2. The van der Waals surface area contributed by atoms with E-state index in [1.54, 1.807) is 36.9 Å². The number of carbonyl (C=O) groups excluding carboxylic acids is 1. The second-order valence-electron chi connectivity index (χ2n) is 4.17. The van der Waals surface area contributed by atoms with Crippen molar-refractivity contribution in [1.82, 2.24) is 9.78 Å². The third-order valence-corrected chi connectivity index (χ3v) is 4.15. The third-order valence-electron chi connectivity index (χ3n) is 2.84. The smallest absolute Gasteiger partial charge is 0.170 e. The van der Waals surface area contributed by atoms with E-state index in [-0.39, 0.29) is 17.2 Å². The molecule has 3 nitrogen and oxygen atoms in total. The molecule has 0 bridgehead atoms. The Morgan fingerprint density at radius 1 is 1.26 bits per heavy atom. The maximum atomic E-state index is 12.3. The van der Waals surface area contributed by atoms with Gasteiger partial charge < -0.3 is 0 Å². The van der Waals surface area contributed by atoms with Crippen LogP contribution in [0.25, 0.3) is 0 Å². The molecule has 0 spiro atoms. The molecule has 0 aliphatic rings. The Balaban J connectivity index is 2.34. The number of aromatic nitrogens is 2. The van der Waals surface area contributed by atoms with Crippen LogP contribution in [0.2, 0.25) is 15.1 Å². The second-order valence-corrected chi connectivity index (χ2v) is 5.33. The van der Waals surface area contributed by atoms with Crippen molar-refractivity contribution in [3.8, 4) is 0 Å². The minimum atomic E-state index is -0.141. The van der Waals surface area contributed by atoms with Gasteiger partial charge in [-0.05, 0) is 19.1 Å². The highest BCUT2D eigenvalue weighted by molar-refractivity contribution is 6.44. The monoisotopic (exact) mass is 316 g/mol. The molecular weight excluding hydrogens is 307 g/mol. The molecule has 0 saturated carbocycles. The Labute approximate surface area is 126 Å². The summed E-state index contributed by atoms with van der Waals surface area (Å²) in [6.45, 7) is 1.79. The molecule has 0 atom stereocenters. The van der Waals surface area contributed by atoms with Crippen molar-refractivity contribution in [2.24, 2.45) is 7.05 Å². The molecule has 1 aromatic heterocycles. The molecule has 100 valence electrons. The fourth-order valence-electron chi connectivity index (χ4n) is 1.84. The van der Waals surface area contributed by atoms with Crippen LogP contribution < -0.4 is 0 Å². The van der Waals surface area contributed by atoms with Gasteiger partial charge in [-0.15, -0.1) is 0 Å². The van der Waals surface area contributed by atoms with Gasteiger partial charge in [0.2, 0.25) is 0 Å². The van der Waals surface area contributed by atoms with E-state index in [9.17, 15) is 4.79 Å². The van der Waals surface area contributed by atoms with Gasteiger partial charge in [0.15, 0.2) is 5.78 Å². The van der Waals surface area contributed by atoms with E-state index >= 15 is 0 Å². The number of rotatable bonds is 3. The summed E-state index contributed by atoms with van der Waals surface area (Å²) in [4.78, 5) is 12.3. The molecule has 0 radical (unpaired) electrons. The van der Waals surface area contributed by atoms with Crippen molar-refractivity contribution >= 4 is 40.6 Å². The molecule has 6 heteroatoms. The molecule has 0 unspecified atom stereocenters.